The monoisotopic (exact) mass is 393 g/mol. The van der Waals surface area contributed by atoms with E-state index < -0.39 is 0 Å². The number of carbonyl (C=O) groups excluding carboxylic acids is 1. The van der Waals surface area contributed by atoms with Crippen LogP contribution < -0.4 is 10.3 Å². The molecule has 2 aromatic rings. The van der Waals surface area contributed by atoms with Crippen LogP contribution in [0.2, 0.25) is 0 Å². The number of thiophene rings is 1. The Morgan fingerprint density at radius 1 is 1.36 bits per heavy atom. The van der Waals surface area contributed by atoms with E-state index in [4.69, 9.17) is 0 Å². The van der Waals surface area contributed by atoms with Crippen molar-refractivity contribution in [3.05, 3.63) is 63.0 Å². The number of allylic oxidation sites excluding steroid dienone is 2. The number of para-hydroxylation sites is 1. The highest BCUT2D eigenvalue weighted by molar-refractivity contribution is 7.14. The smallest absolute Gasteiger partial charge is 0.281 e. The number of likely N-dealkylation sites (N-methyl/N-ethyl adjacent to an activating group) is 1. The van der Waals surface area contributed by atoms with Crippen molar-refractivity contribution >= 4 is 29.1 Å². The van der Waals surface area contributed by atoms with Crippen LogP contribution in [-0.2, 0) is 18.3 Å². The number of benzene rings is 1. The first-order valence-electron chi connectivity index (χ1n) is 9.87. The first-order chi connectivity index (χ1) is 13.4. The molecule has 1 amide bonds. The summed E-state index contributed by atoms with van der Waals surface area (Å²) in [5, 5.41) is 4.17. The van der Waals surface area contributed by atoms with Crippen LogP contribution in [0.15, 0.2) is 47.2 Å². The summed E-state index contributed by atoms with van der Waals surface area (Å²) < 4.78 is 0. The number of nitrogens with zero attached hydrogens (tertiary/aromatic N) is 2. The molecule has 1 unspecified atom stereocenters. The fourth-order valence-corrected chi connectivity index (χ4v) is 5.48. The van der Waals surface area contributed by atoms with Crippen LogP contribution in [0.25, 0.3) is 0 Å². The lowest BCUT2D eigenvalue weighted by Gasteiger charge is -2.23. The van der Waals surface area contributed by atoms with Gasteiger partial charge in [0.25, 0.3) is 5.91 Å². The number of hydrogen-bond donors (Lipinski definition) is 1. The molecule has 0 saturated carbocycles. The van der Waals surface area contributed by atoms with Crippen LogP contribution in [0.1, 0.15) is 52.9 Å². The number of amides is 1. The molecule has 5 heteroatoms. The van der Waals surface area contributed by atoms with Crippen LogP contribution >= 0.6 is 11.3 Å². The molecule has 0 bridgehead atoms. The second kappa shape index (κ2) is 7.21. The highest BCUT2D eigenvalue weighted by Gasteiger charge is 2.37. The molecule has 1 N–H and O–H groups in total. The standard InChI is InChI=1S/C23H27N3OS/c1-15-9-10-19-16(13-15)14-20(28-19)22(27)25-24-12-11-21-23(2,3)17-7-5-6-8-18(17)26(21)4/h5-8,11-12,14-15H,9-10,13H2,1-4H3,(H,25,27). The molecule has 0 fully saturated rings. The van der Waals surface area contributed by atoms with Gasteiger partial charge in [0.15, 0.2) is 0 Å². The number of aryl methyl sites for hydroxylation is 1. The SMILES string of the molecule is CC1CCc2sc(C(=O)NN=CC=C3N(C)c4ccccc4C3(C)C)cc2C1. The molecule has 146 valence electrons. The zero-order valence-corrected chi connectivity index (χ0v) is 17.8. The molecule has 0 spiro atoms. The van der Waals surface area contributed by atoms with Gasteiger partial charge in [-0.2, -0.15) is 5.10 Å². The second-order valence-corrected chi connectivity index (χ2v) is 9.52. The first-order valence-corrected chi connectivity index (χ1v) is 10.7. The van der Waals surface area contributed by atoms with Crippen molar-refractivity contribution in [3.63, 3.8) is 0 Å². The summed E-state index contributed by atoms with van der Waals surface area (Å²) in [7, 11) is 2.07. The Hall–Kier alpha value is -2.40. The molecular weight excluding hydrogens is 366 g/mol. The molecule has 4 nitrogen and oxygen atoms in total. The van der Waals surface area contributed by atoms with Gasteiger partial charge in [0, 0.05) is 34.9 Å². The van der Waals surface area contributed by atoms with Gasteiger partial charge in [-0.05, 0) is 54.5 Å². The van der Waals surface area contributed by atoms with Crippen molar-refractivity contribution in [2.45, 2.75) is 45.4 Å². The summed E-state index contributed by atoms with van der Waals surface area (Å²) in [6.45, 7) is 6.70. The molecule has 4 rings (SSSR count). The topological polar surface area (TPSA) is 44.7 Å². The molecule has 28 heavy (non-hydrogen) atoms. The molecule has 2 heterocycles. The quantitative estimate of drug-likeness (QED) is 0.595. The average Bonchev–Trinajstić information content (AvgIpc) is 3.17. The summed E-state index contributed by atoms with van der Waals surface area (Å²) >= 11 is 1.61. The summed E-state index contributed by atoms with van der Waals surface area (Å²) in [5.41, 5.74) is 7.61. The van der Waals surface area contributed by atoms with Crippen molar-refractivity contribution in [2.24, 2.45) is 11.0 Å². The van der Waals surface area contributed by atoms with Gasteiger partial charge < -0.3 is 4.90 Å². The summed E-state index contributed by atoms with van der Waals surface area (Å²) in [6.07, 6.45) is 7.06. The number of carbonyl (C=O) groups is 1. The van der Waals surface area contributed by atoms with Crippen LogP contribution in [0.3, 0.4) is 0 Å². The lowest BCUT2D eigenvalue weighted by atomic mass is 9.84. The molecule has 0 saturated heterocycles. The Labute approximate surface area is 171 Å². The molecule has 1 aromatic heterocycles. The van der Waals surface area contributed by atoms with E-state index in [-0.39, 0.29) is 11.3 Å². The maximum absolute atomic E-state index is 12.5. The van der Waals surface area contributed by atoms with Gasteiger partial charge in [0.1, 0.15) is 0 Å². The van der Waals surface area contributed by atoms with E-state index in [1.54, 1.807) is 17.6 Å². The second-order valence-electron chi connectivity index (χ2n) is 8.38. The van der Waals surface area contributed by atoms with E-state index in [1.165, 1.54) is 28.1 Å². The van der Waals surface area contributed by atoms with Crippen molar-refractivity contribution in [1.29, 1.82) is 0 Å². The van der Waals surface area contributed by atoms with Gasteiger partial charge >= 0.3 is 0 Å². The van der Waals surface area contributed by atoms with Gasteiger partial charge in [0.2, 0.25) is 0 Å². The molecule has 1 aliphatic heterocycles. The number of fused-ring (bicyclic) bond motifs is 2. The fourth-order valence-electron chi connectivity index (χ4n) is 4.38. The Morgan fingerprint density at radius 2 is 2.14 bits per heavy atom. The van der Waals surface area contributed by atoms with Crippen LogP contribution in [0.4, 0.5) is 5.69 Å². The van der Waals surface area contributed by atoms with Crippen molar-refractivity contribution < 1.29 is 4.79 Å². The molecule has 0 radical (unpaired) electrons. The van der Waals surface area contributed by atoms with Gasteiger partial charge in [-0.15, -0.1) is 11.3 Å². The normalized spacial score (nSPS) is 21.8. The van der Waals surface area contributed by atoms with Gasteiger partial charge in [-0.25, -0.2) is 5.43 Å². The van der Waals surface area contributed by atoms with Crippen LogP contribution in [0.5, 0.6) is 0 Å². The Kier molecular flexibility index (Phi) is 4.88. The third kappa shape index (κ3) is 3.28. The van der Waals surface area contributed by atoms with Crippen molar-refractivity contribution in [1.82, 2.24) is 5.43 Å². The van der Waals surface area contributed by atoms with Gasteiger partial charge in [0.05, 0.1) is 4.88 Å². The number of hydrazone groups is 1. The lowest BCUT2D eigenvalue weighted by molar-refractivity contribution is 0.0959. The Balaban J connectivity index is 1.45. The lowest BCUT2D eigenvalue weighted by Crippen LogP contribution is -2.23. The van der Waals surface area contributed by atoms with E-state index in [1.807, 2.05) is 12.1 Å². The minimum atomic E-state index is -0.121. The van der Waals surface area contributed by atoms with Crippen LogP contribution in [-0.4, -0.2) is 19.2 Å². The third-order valence-electron chi connectivity index (χ3n) is 5.97. The van der Waals surface area contributed by atoms with E-state index in [0.29, 0.717) is 5.92 Å². The Morgan fingerprint density at radius 3 is 2.93 bits per heavy atom. The summed E-state index contributed by atoms with van der Waals surface area (Å²) in [5.74, 6) is 0.586. The van der Waals surface area contributed by atoms with E-state index in [2.05, 4.69) is 67.5 Å². The predicted molar refractivity (Wildman–Crippen MR) is 117 cm³/mol. The highest BCUT2D eigenvalue weighted by atomic mass is 32.1. The summed E-state index contributed by atoms with van der Waals surface area (Å²) in [6, 6.07) is 10.5. The van der Waals surface area contributed by atoms with E-state index in [0.717, 1.165) is 23.4 Å². The average molecular weight is 394 g/mol. The largest absolute Gasteiger partial charge is 0.347 e. The third-order valence-corrected chi connectivity index (χ3v) is 7.20. The predicted octanol–water partition coefficient (Wildman–Crippen LogP) is 4.90. The van der Waals surface area contributed by atoms with E-state index >= 15 is 0 Å². The van der Waals surface area contributed by atoms with Gasteiger partial charge in [-0.1, -0.05) is 39.0 Å². The summed E-state index contributed by atoms with van der Waals surface area (Å²) in [4.78, 5) is 16.8. The van der Waals surface area contributed by atoms with E-state index in [9.17, 15) is 4.79 Å². The number of rotatable bonds is 3. The zero-order chi connectivity index (χ0) is 19.9. The van der Waals surface area contributed by atoms with Crippen molar-refractivity contribution in [3.8, 4) is 0 Å². The number of hydrogen-bond acceptors (Lipinski definition) is 4. The van der Waals surface area contributed by atoms with Gasteiger partial charge in [-0.3, -0.25) is 4.79 Å². The number of anilines is 1. The minimum Gasteiger partial charge on any atom is -0.347 e. The minimum absolute atomic E-state index is 0.0924. The first kappa shape index (κ1) is 18.9. The Bertz CT molecular complexity index is 970. The highest BCUT2D eigenvalue weighted by Crippen LogP contribution is 2.46. The maximum Gasteiger partial charge on any atom is 0.281 e. The van der Waals surface area contributed by atoms with Crippen LogP contribution in [0, 0.1) is 5.92 Å². The fraction of sp³-hybridized carbons (Fsp3) is 0.391. The maximum atomic E-state index is 12.5. The molecule has 1 aromatic carbocycles. The number of nitrogens with one attached hydrogen (secondary N) is 1. The molecule has 1 atom stereocenters. The molecule has 1 aliphatic carbocycles. The molecule has 2 aliphatic rings. The zero-order valence-electron chi connectivity index (χ0n) is 17.0. The molecular formula is C23H27N3OS. The van der Waals surface area contributed by atoms with Crippen molar-refractivity contribution in [2.75, 3.05) is 11.9 Å².